The number of nitrogens with one attached hydrogen (secondary N) is 1. The van der Waals surface area contributed by atoms with Gasteiger partial charge in [0.05, 0.1) is 0 Å². The van der Waals surface area contributed by atoms with Crippen LogP contribution in [0, 0.1) is 12.8 Å². The lowest BCUT2D eigenvalue weighted by molar-refractivity contribution is 0.641. The van der Waals surface area contributed by atoms with Crippen molar-refractivity contribution < 1.29 is 0 Å². The molecule has 1 aromatic carbocycles. The number of nitrogens with zero attached hydrogens (tertiary/aromatic N) is 1. The molecule has 22 heavy (non-hydrogen) atoms. The number of H-pyrrole nitrogens is 1. The van der Waals surface area contributed by atoms with E-state index in [1.165, 1.54) is 16.8 Å². The predicted octanol–water partition coefficient (Wildman–Crippen LogP) is 3.73. The molecular weight excluding hydrogens is 272 g/mol. The molecule has 2 heterocycles. The highest BCUT2D eigenvalue weighted by Crippen LogP contribution is 2.21. The second-order valence-corrected chi connectivity index (χ2v) is 6.40. The standard InChI is InChI=1S/C19H22N2O/c1-13(2)9-16-12-18-19(22)10-14(3)20-21(18)17(16)11-15-7-5-4-6-8-15/h4-8,10,12-13,20H,9,11H2,1-3H3. The zero-order valence-electron chi connectivity index (χ0n) is 13.4. The molecule has 0 unspecified atom stereocenters. The van der Waals surface area contributed by atoms with Gasteiger partial charge in [-0.15, -0.1) is 0 Å². The maximum Gasteiger partial charge on any atom is 0.205 e. The maximum absolute atomic E-state index is 12.3. The number of benzene rings is 1. The SMILES string of the molecule is Cc1cc(=O)c2cc(CC(C)C)c(Cc3ccccc3)n2[nH]1. The Balaban J connectivity index is 2.17. The van der Waals surface area contributed by atoms with Gasteiger partial charge in [-0.05, 0) is 36.5 Å². The van der Waals surface area contributed by atoms with Gasteiger partial charge in [-0.3, -0.25) is 14.4 Å². The molecular formula is C19H22N2O. The Labute approximate surface area is 130 Å². The van der Waals surface area contributed by atoms with Crippen LogP contribution < -0.4 is 5.43 Å². The summed E-state index contributed by atoms with van der Waals surface area (Å²) in [5.74, 6) is 0.558. The zero-order chi connectivity index (χ0) is 15.7. The molecule has 0 fully saturated rings. The lowest BCUT2D eigenvalue weighted by Gasteiger charge is -2.09. The van der Waals surface area contributed by atoms with Crippen molar-refractivity contribution in [2.75, 3.05) is 0 Å². The van der Waals surface area contributed by atoms with E-state index in [0.29, 0.717) is 5.92 Å². The van der Waals surface area contributed by atoms with E-state index in [-0.39, 0.29) is 5.43 Å². The summed E-state index contributed by atoms with van der Waals surface area (Å²) >= 11 is 0. The van der Waals surface area contributed by atoms with Crippen molar-refractivity contribution in [1.29, 1.82) is 0 Å². The van der Waals surface area contributed by atoms with Gasteiger partial charge in [0.25, 0.3) is 0 Å². The van der Waals surface area contributed by atoms with Crippen LogP contribution in [0.2, 0.25) is 0 Å². The first-order valence-electron chi connectivity index (χ1n) is 7.81. The van der Waals surface area contributed by atoms with E-state index in [2.05, 4.69) is 49.3 Å². The summed E-state index contributed by atoms with van der Waals surface area (Å²) in [6, 6.07) is 14.1. The van der Waals surface area contributed by atoms with Crippen LogP contribution >= 0.6 is 0 Å². The lowest BCUT2D eigenvalue weighted by atomic mass is 10.00. The molecule has 0 bridgehead atoms. The predicted molar refractivity (Wildman–Crippen MR) is 90.5 cm³/mol. The Kier molecular flexibility index (Phi) is 3.88. The molecule has 0 aliphatic carbocycles. The van der Waals surface area contributed by atoms with Crippen molar-refractivity contribution in [2.45, 2.75) is 33.6 Å². The van der Waals surface area contributed by atoms with Crippen LogP contribution in [0.25, 0.3) is 5.52 Å². The Morgan fingerprint density at radius 3 is 2.55 bits per heavy atom. The molecule has 0 aliphatic rings. The van der Waals surface area contributed by atoms with Crippen LogP contribution in [-0.2, 0) is 12.8 Å². The molecule has 0 aliphatic heterocycles. The Morgan fingerprint density at radius 2 is 1.86 bits per heavy atom. The van der Waals surface area contributed by atoms with E-state index in [1.54, 1.807) is 6.07 Å². The average Bonchev–Trinajstić information content (AvgIpc) is 2.78. The molecule has 3 aromatic rings. The van der Waals surface area contributed by atoms with Crippen molar-refractivity contribution in [1.82, 2.24) is 9.61 Å². The molecule has 0 radical (unpaired) electrons. The lowest BCUT2D eigenvalue weighted by Crippen LogP contribution is -2.10. The summed E-state index contributed by atoms with van der Waals surface area (Å²) in [5.41, 5.74) is 5.43. The van der Waals surface area contributed by atoms with Crippen LogP contribution in [0.5, 0.6) is 0 Å². The third kappa shape index (κ3) is 2.84. The van der Waals surface area contributed by atoms with Crippen molar-refractivity contribution >= 4 is 5.52 Å². The van der Waals surface area contributed by atoms with Crippen LogP contribution in [0.3, 0.4) is 0 Å². The minimum Gasteiger partial charge on any atom is -0.298 e. The monoisotopic (exact) mass is 294 g/mol. The van der Waals surface area contributed by atoms with Gasteiger partial charge in [-0.2, -0.15) is 0 Å². The molecule has 3 rings (SSSR count). The van der Waals surface area contributed by atoms with Crippen molar-refractivity contribution in [3.05, 3.63) is 75.2 Å². The summed E-state index contributed by atoms with van der Waals surface area (Å²) in [5, 5.41) is 3.33. The van der Waals surface area contributed by atoms with Gasteiger partial charge in [0, 0.05) is 23.9 Å². The number of rotatable bonds is 4. The highest BCUT2D eigenvalue weighted by atomic mass is 16.1. The quantitative estimate of drug-likeness (QED) is 0.782. The van der Waals surface area contributed by atoms with Gasteiger partial charge in [0.1, 0.15) is 5.52 Å². The van der Waals surface area contributed by atoms with E-state index in [0.717, 1.165) is 24.1 Å². The smallest absolute Gasteiger partial charge is 0.205 e. The topological polar surface area (TPSA) is 37.3 Å². The molecule has 114 valence electrons. The van der Waals surface area contributed by atoms with E-state index >= 15 is 0 Å². The molecule has 0 spiro atoms. The highest BCUT2D eigenvalue weighted by Gasteiger charge is 2.14. The average molecular weight is 294 g/mol. The first kappa shape index (κ1) is 14.6. The van der Waals surface area contributed by atoms with Gasteiger partial charge in [-0.1, -0.05) is 44.2 Å². The molecule has 3 nitrogen and oxygen atoms in total. The fourth-order valence-corrected chi connectivity index (χ4v) is 2.99. The van der Waals surface area contributed by atoms with Gasteiger partial charge >= 0.3 is 0 Å². The molecule has 0 saturated heterocycles. The number of hydrogen-bond donors (Lipinski definition) is 1. The molecule has 0 amide bonds. The number of hydrogen-bond acceptors (Lipinski definition) is 1. The fraction of sp³-hybridized carbons (Fsp3) is 0.316. The molecule has 3 heteroatoms. The highest BCUT2D eigenvalue weighted by molar-refractivity contribution is 5.53. The van der Waals surface area contributed by atoms with Gasteiger partial charge < -0.3 is 0 Å². The third-order valence-corrected chi connectivity index (χ3v) is 3.92. The van der Waals surface area contributed by atoms with Crippen molar-refractivity contribution in [2.24, 2.45) is 5.92 Å². The summed E-state index contributed by atoms with van der Waals surface area (Å²) < 4.78 is 1.97. The minimum absolute atomic E-state index is 0.0839. The largest absolute Gasteiger partial charge is 0.298 e. The fourth-order valence-electron chi connectivity index (χ4n) is 2.99. The zero-order valence-corrected chi connectivity index (χ0v) is 13.4. The normalized spacial score (nSPS) is 11.5. The van der Waals surface area contributed by atoms with Gasteiger partial charge in [0.2, 0.25) is 5.43 Å². The number of aromatic nitrogens is 2. The summed E-state index contributed by atoms with van der Waals surface area (Å²) in [6.45, 7) is 6.35. The van der Waals surface area contributed by atoms with Gasteiger partial charge in [-0.25, -0.2) is 0 Å². The Morgan fingerprint density at radius 1 is 1.14 bits per heavy atom. The minimum atomic E-state index is 0.0839. The van der Waals surface area contributed by atoms with Crippen LogP contribution in [-0.4, -0.2) is 9.61 Å². The van der Waals surface area contributed by atoms with E-state index in [4.69, 9.17) is 0 Å². The molecule has 0 atom stereocenters. The summed E-state index contributed by atoms with van der Waals surface area (Å²) in [4.78, 5) is 12.3. The van der Waals surface area contributed by atoms with Crippen molar-refractivity contribution in [3.8, 4) is 0 Å². The summed E-state index contributed by atoms with van der Waals surface area (Å²) in [7, 11) is 0. The van der Waals surface area contributed by atoms with E-state index in [1.807, 2.05) is 17.5 Å². The number of fused-ring (bicyclic) bond motifs is 1. The van der Waals surface area contributed by atoms with E-state index < -0.39 is 0 Å². The maximum atomic E-state index is 12.3. The molecule has 0 saturated carbocycles. The number of aryl methyl sites for hydroxylation is 1. The number of aromatic amines is 1. The van der Waals surface area contributed by atoms with E-state index in [9.17, 15) is 4.79 Å². The van der Waals surface area contributed by atoms with Crippen LogP contribution in [0.1, 0.15) is 36.4 Å². The first-order chi connectivity index (χ1) is 10.5. The Hall–Kier alpha value is -2.29. The second-order valence-electron chi connectivity index (χ2n) is 6.40. The first-order valence-corrected chi connectivity index (χ1v) is 7.81. The van der Waals surface area contributed by atoms with Crippen LogP contribution in [0.15, 0.2) is 47.3 Å². The van der Waals surface area contributed by atoms with Gasteiger partial charge in [0.15, 0.2) is 0 Å². The molecule has 2 aromatic heterocycles. The van der Waals surface area contributed by atoms with Crippen LogP contribution in [0.4, 0.5) is 0 Å². The Bertz CT molecular complexity index is 841. The molecule has 1 N–H and O–H groups in total. The third-order valence-electron chi connectivity index (χ3n) is 3.92. The second kappa shape index (κ2) is 5.84. The van der Waals surface area contributed by atoms with Crippen molar-refractivity contribution in [3.63, 3.8) is 0 Å². The summed E-state index contributed by atoms with van der Waals surface area (Å²) in [6.07, 6.45) is 1.81.